The summed E-state index contributed by atoms with van der Waals surface area (Å²) in [5, 5.41) is 3.42. The van der Waals surface area contributed by atoms with Crippen LogP contribution in [-0.2, 0) is 0 Å². The first-order chi connectivity index (χ1) is 7.75. The highest BCUT2D eigenvalue weighted by molar-refractivity contribution is 5.52. The van der Waals surface area contributed by atoms with Crippen LogP contribution in [0.2, 0.25) is 0 Å². The Morgan fingerprint density at radius 3 is 2.38 bits per heavy atom. The van der Waals surface area contributed by atoms with Crippen molar-refractivity contribution in [3.05, 3.63) is 53.8 Å². The number of anilines is 1. The molecular weight excluding hydrogens is 194 g/mol. The van der Waals surface area contributed by atoms with E-state index < -0.39 is 0 Å². The second-order valence-electron chi connectivity index (χ2n) is 4.54. The lowest BCUT2D eigenvalue weighted by atomic mass is 10.0. The van der Waals surface area contributed by atoms with E-state index in [-0.39, 0.29) is 0 Å². The summed E-state index contributed by atoms with van der Waals surface area (Å²) in [4.78, 5) is 0. The molecule has 1 aliphatic rings. The standard InChI is InChI=1S/C15H19N/c1-12(2)13-8-10-15(11-9-13)16-14-6-4-3-5-7-14/h4,6-12,16H,3,5H2,1-2H3. The Labute approximate surface area is 97.9 Å². The fourth-order valence-corrected chi connectivity index (χ4v) is 1.82. The quantitative estimate of drug-likeness (QED) is 0.781. The van der Waals surface area contributed by atoms with E-state index in [1.54, 1.807) is 0 Å². The molecule has 84 valence electrons. The maximum absolute atomic E-state index is 3.42. The lowest BCUT2D eigenvalue weighted by molar-refractivity contribution is 0.867. The summed E-state index contributed by atoms with van der Waals surface area (Å²) in [6.07, 6.45) is 8.92. The normalized spacial score (nSPS) is 15.1. The van der Waals surface area contributed by atoms with Crippen molar-refractivity contribution in [3.63, 3.8) is 0 Å². The Balaban J connectivity index is 2.05. The van der Waals surface area contributed by atoms with Crippen LogP contribution >= 0.6 is 0 Å². The van der Waals surface area contributed by atoms with Crippen molar-refractivity contribution in [3.8, 4) is 0 Å². The molecule has 0 radical (unpaired) electrons. The van der Waals surface area contributed by atoms with Crippen LogP contribution in [0.15, 0.2) is 48.2 Å². The lowest BCUT2D eigenvalue weighted by Gasteiger charge is -2.11. The second-order valence-corrected chi connectivity index (χ2v) is 4.54. The molecule has 1 aromatic carbocycles. The molecule has 16 heavy (non-hydrogen) atoms. The van der Waals surface area contributed by atoms with E-state index in [2.05, 4.69) is 61.7 Å². The molecule has 0 bridgehead atoms. The van der Waals surface area contributed by atoms with E-state index in [0.717, 1.165) is 12.8 Å². The van der Waals surface area contributed by atoms with Gasteiger partial charge < -0.3 is 5.32 Å². The second kappa shape index (κ2) is 5.02. The average Bonchev–Trinajstić information content (AvgIpc) is 2.31. The van der Waals surface area contributed by atoms with Crippen molar-refractivity contribution in [2.75, 3.05) is 5.32 Å². The van der Waals surface area contributed by atoms with Gasteiger partial charge in [-0.1, -0.05) is 38.1 Å². The summed E-state index contributed by atoms with van der Waals surface area (Å²) in [5.41, 5.74) is 3.77. The maximum Gasteiger partial charge on any atom is 0.0384 e. The van der Waals surface area contributed by atoms with Gasteiger partial charge >= 0.3 is 0 Å². The van der Waals surface area contributed by atoms with E-state index in [1.165, 1.54) is 16.9 Å². The number of benzene rings is 1. The van der Waals surface area contributed by atoms with Crippen LogP contribution in [0.1, 0.15) is 38.2 Å². The minimum Gasteiger partial charge on any atom is -0.356 e. The predicted molar refractivity (Wildman–Crippen MR) is 70.6 cm³/mol. The fourth-order valence-electron chi connectivity index (χ4n) is 1.82. The molecule has 0 spiro atoms. The Morgan fingerprint density at radius 2 is 1.81 bits per heavy atom. The van der Waals surface area contributed by atoms with Crippen LogP contribution in [-0.4, -0.2) is 0 Å². The summed E-state index contributed by atoms with van der Waals surface area (Å²) < 4.78 is 0. The molecule has 0 heterocycles. The molecule has 0 aliphatic heterocycles. The molecule has 1 aliphatic carbocycles. The Bertz CT molecular complexity index is 396. The number of allylic oxidation sites excluding steroid dienone is 3. The van der Waals surface area contributed by atoms with Crippen LogP contribution in [0.4, 0.5) is 5.69 Å². The van der Waals surface area contributed by atoms with Gasteiger partial charge in [0, 0.05) is 11.4 Å². The highest BCUT2D eigenvalue weighted by Gasteiger charge is 2.00. The SMILES string of the molecule is CC(C)c1ccc(NC2=CCCC=C2)cc1. The van der Waals surface area contributed by atoms with Crippen molar-refractivity contribution in [1.82, 2.24) is 0 Å². The summed E-state index contributed by atoms with van der Waals surface area (Å²) in [5.74, 6) is 0.600. The van der Waals surface area contributed by atoms with Gasteiger partial charge in [0.2, 0.25) is 0 Å². The smallest absolute Gasteiger partial charge is 0.0384 e. The minimum absolute atomic E-state index is 0.600. The minimum atomic E-state index is 0.600. The molecule has 0 aromatic heterocycles. The van der Waals surface area contributed by atoms with E-state index in [0.29, 0.717) is 5.92 Å². The molecular formula is C15H19N. The predicted octanol–water partition coefficient (Wildman–Crippen LogP) is 4.46. The van der Waals surface area contributed by atoms with Crippen LogP contribution in [0, 0.1) is 0 Å². The van der Waals surface area contributed by atoms with Gasteiger partial charge in [-0.2, -0.15) is 0 Å². The van der Waals surface area contributed by atoms with E-state index in [9.17, 15) is 0 Å². The summed E-state index contributed by atoms with van der Waals surface area (Å²) in [6, 6.07) is 8.69. The average molecular weight is 213 g/mol. The van der Waals surface area contributed by atoms with Gasteiger partial charge in [0.05, 0.1) is 0 Å². The monoisotopic (exact) mass is 213 g/mol. The number of nitrogens with one attached hydrogen (secondary N) is 1. The van der Waals surface area contributed by atoms with Gasteiger partial charge in [-0.15, -0.1) is 0 Å². The van der Waals surface area contributed by atoms with Crippen molar-refractivity contribution >= 4 is 5.69 Å². The molecule has 0 unspecified atom stereocenters. The highest BCUT2D eigenvalue weighted by atomic mass is 14.9. The van der Waals surface area contributed by atoms with Gasteiger partial charge in [-0.25, -0.2) is 0 Å². The van der Waals surface area contributed by atoms with E-state index in [1.807, 2.05) is 0 Å². The molecule has 1 heteroatoms. The van der Waals surface area contributed by atoms with Crippen LogP contribution in [0.25, 0.3) is 0 Å². The zero-order chi connectivity index (χ0) is 11.4. The number of hydrogen-bond acceptors (Lipinski definition) is 1. The third-order valence-corrected chi connectivity index (χ3v) is 2.86. The molecule has 0 amide bonds. The third kappa shape index (κ3) is 2.75. The maximum atomic E-state index is 3.42. The topological polar surface area (TPSA) is 12.0 Å². The number of hydrogen-bond donors (Lipinski definition) is 1. The Hall–Kier alpha value is -1.50. The summed E-state index contributed by atoms with van der Waals surface area (Å²) in [7, 11) is 0. The molecule has 1 nitrogen and oxygen atoms in total. The molecule has 0 saturated carbocycles. The summed E-state index contributed by atoms with van der Waals surface area (Å²) >= 11 is 0. The first-order valence-electron chi connectivity index (χ1n) is 5.99. The van der Waals surface area contributed by atoms with Crippen LogP contribution < -0.4 is 5.32 Å². The third-order valence-electron chi connectivity index (χ3n) is 2.86. The van der Waals surface area contributed by atoms with Crippen molar-refractivity contribution in [2.24, 2.45) is 0 Å². The van der Waals surface area contributed by atoms with Crippen molar-refractivity contribution in [1.29, 1.82) is 0 Å². The fraction of sp³-hybridized carbons (Fsp3) is 0.333. The zero-order valence-corrected chi connectivity index (χ0v) is 10.0. The van der Waals surface area contributed by atoms with E-state index in [4.69, 9.17) is 0 Å². The number of rotatable bonds is 3. The zero-order valence-electron chi connectivity index (χ0n) is 10.0. The van der Waals surface area contributed by atoms with Crippen molar-refractivity contribution < 1.29 is 0 Å². The van der Waals surface area contributed by atoms with Crippen LogP contribution in [0.3, 0.4) is 0 Å². The van der Waals surface area contributed by atoms with Crippen molar-refractivity contribution in [2.45, 2.75) is 32.6 Å². The largest absolute Gasteiger partial charge is 0.356 e. The van der Waals surface area contributed by atoms with Crippen LogP contribution in [0.5, 0.6) is 0 Å². The van der Waals surface area contributed by atoms with Gasteiger partial charge in [0.25, 0.3) is 0 Å². The van der Waals surface area contributed by atoms with Gasteiger partial charge in [0.15, 0.2) is 0 Å². The summed E-state index contributed by atoms with van der Waals surface area (Å²) in [6.45, 7) is 4.43. The Kier molecular flexibility index (Phi) is 3.45. The van der Waals surface area contributed by atoms with Gasteiger partial charge in [-0.3, -0.25) is 0 Å². The molecule has 2 rings (SSSR count). The first kappa shape index (κ1) is 11.0. The van der Waals surface area contributed by atoms with Gasteiger partial charge in [-0.05, 0) is 42.5 Å². The molecule has 0 atom stereocenters. The lowest BCUT2D eigenvalue weighted by Crippen LogP contribution is -1.99. The highest BCUT2D eigenvalue weighted by Crippen LogP contribution is 2.19. The van der Waals surface area contributed by atoms with E-state index >= 15 is 0 Å². The molecule has 0 saturated heterocycles. The molecule has 1 aromatic rings. The Morgan fingerprint density at radius 1 is 1.06 bits per heavy atom. The molecule has 1 N–H and O–H groups in total. The first-order valence-corrected chi connectivity index (χ1v) is 5.99. The molecule has 0 fully saturated rings. The van der Waals surface area contributed by atoms with Gasteiger partial charge in [0.1, 0.15) is 0 Å².